The number of hydrogen-bond acceptors (Lipinski definition) is 4. The van der Waals surface area contributed by atoms with Gasteiger partial charge in [0.15, 0.2) is 6.10 Å². The van der Waals surface area contributed by atoms with Crippen LogP contribution in [0.2, 0.25) is 0 Å². The third-order valence-corrected chi connectivity index (χ3v) is 4.10. The Kier molecular flexibility index (Phi) is 4.39. The second-order valence-electron chi connectivity index (χ2n) is 6.21. The molecule has 6 nitrogen and oxygen atoms in total. The van der Waals surface area contributed by atoms with Gasteiger partial charge in [-0.1, -0.05) is 32.0 Å². The van der Waals surface area contributed by atoms with Gasteiger partial charge >= 0.3 is 0 Å². The number of ether oxygens (including phenoxy) is 1. The van der Waals surface area contributed by atoms with Crippen LogP contribution in [-0.4, -0.2) is 16.9 Å². The average Bonchev–Trinajstić information content (AvgIpc) is 2.58. The Morgan fingerprint density at radius 2 is 2.00 bits per heavy atom. The van der Waals surface area contributed by atoms with Gasteiger partial charge in [-0.3, -0.25) is 14.9 Å². The van der Waals surface area contributed by atoms with Crippen LogP contribution >= 0.6 is 0 Å². The third-order valence-electron chi connectivity index (χ3n) is 4.10. The van der Waals surface area contributed by atoms with Gasteiger partial charge < -0.3 is 9.64 Å². The van der Waals surface area contributed by atoms with Crippen LogP contribution in [0.4, 0.5) is 15.8 Å². The van der Waals surface area contributed by atoms with Gasteiger partial charge in [-0.15, -0.1) is 0 Å². The average molecular weight is 344 g/mol. The molecular formula is C18H17FN2O4. The number of rotatable bonds is 4. The van der Waals surface area contributed by atoms with Gasteiger partial charge in [0.2, 0.25) is 0 Å². The van der Waals surface area contributed by atoms with Gasteiger partial charge in [0.05, 0.1) is 17.2 Å². The molecule has 0 N–H and O–H groups in total. The number of halogens is 1. The largest absolute Gasteiger partial charge is 0.478 e. The van der Waals surface area contributed by atoms with Crippen molar-refractivity contribution < 1.29 is 18.8 Å². The normalized spacial score (nSPS) is 16.6. The van der Waals surface area contributed by atoms with Crippen LogP contribution in [0.5, 0.6) is 5.75 Å². The molecule has 0 spiro atoms. The Balaban J connectivity index is 2.07. The molecule has 1 atom stereocenters. The lowest BCUT2D eigenvalue weighted by Gasteiger charge is -2.36. The summed E-state index contributed by atoms with van der Waals surface area (Å²) in [6.45, 7) is 3.67. The number of anilines is 1. The first-order valence-electron chi connectivity index (χ1n) is 7.88. The Morgan fingerprint density at radius 1 is 1.28 bits per heavy atom. The monoisotopic (exact) mass is 344 g/mol. The quantitative estimate of drug-likeness (QED) is 0.626. The van der Waals surface area contributed by atoms with E-state index in [0.29, 0.717) is 11.3 Å². The summed E-state index contributed by atoms with van der Waals surface area (Å²) in [6.07, 6.45) is -0.722. The maximum absolute atomic E-state index is 14.0. The topological polar surface area (TPSA) is 72.7 Å². The first-order chi connectivity index (χ1) is 11.9. The second kappa shape index (κ2) is 6.51. The molecule has 1 heterocycles. The molecule has 0 aromatic heterocycles. The minimum Gasteiger partial charge on any atom is -0.478 e. The van der Waals surface area contributed by atoms with Crippen molar-refractivity contribution in [2.75, 3.05) is 4.90 Å². The van der Waals surface area contributed by atoms with Gasteiger partial charge in [-0.05, 0) is 18.1 Å². The molecule has 0 unspecified atom stereocenters. The van der Waals surface area contributed by atoms with E-state index in [1.54, 1.807) is 18.2 Å². The Morgan fingerprint density at radius 3 is 2.64 bits per heavy atom. The molecule has 0 radical (unpaired) electrons. The Hall–Kier alpha value is -2.96. The van der Waals surface area contributed by atoms with E-state index in [9.17, 15) is 19.3 Å². The van der Waals surface area contributed by atoms with E-state index in [1.165, 1.54) is 29.2 Å². The molecule has 7 heteroatoms. The standard InChI is InChI=1S/C18H17FN2O4/c1-11(2)17-18(22)20(10-12-5-3-4-6-14(12)19)15-9-13(21(23)24)7-8-16(15)25-17/h3-9,11,17H,10H2,1-2H3/t17-/m0/s1. The molecule has 130 valence electrons. The summed E-state index contributed by atoms with van der Waals surface area (Å²) in [5, 5.41) is 11.1. The molecule has 1 amide bonds. The number of nitro benzene ring substituents is 1. The third kappa shape index (κ3) is 3.17. The van der Waals surface area contributed by atoms with Gasteiger partial charge in [0.25, 0.3) is 11.6 Å². The van der Waals surface area contributed by atoms with E-state index in [4.69, 9.17) is 4.74 Å². The SMILES string of the molecule is CC(C)[C@@H]1Oc2ccc([N+](=O)[O-])cc2N(Cc2ccccc2F)C1=O. The van der Waals surface area contributed by atoms with E-state index < -0.39 is 16.8 Å². The minimum atomic E-state index is -0.722. The van der Waals surface area contributed by atoms with Gasteiger partial charge in [0, 0.05) is 17.7 Å². The van der Waals surface area contributed by atoms with Crippen molar-refractivity contribution in [3.63, 3.8) is 0 Å². The number of carbonyl (C=O) groups excluding carboxylic acids is 1. The fraction of sp³-hybridized carbons (Fsp3) is 0.278. The van der Waals surface area contributed by atoms with E-state index in [0.717, 1.165) is 0 Å². The lowest BCUT2D eigenvalue weighted by Crippen LogP contribution is -2.48. The smallest absolute Gasteiger partial charge is 0.271 e. The lowest BCUT2D eigenvalue weighted by atomic mass is 10.0. The van der Waals surface area contributed by atoms with Crippen molar-refractivity contribution in [3.8, 4) is 5.75 Å². The number of non-ortho nitro benzene ring substituents is 1. The number of fused-ring (bicyclic) bond motifs is 1. The molecule has 3 rings (SSSR count). The number of nitrogens with zero attached hydrogens (tertiary/aromatic N) is 2. The van der Waals surface area contributed by atoms with E-state index in [1.807, 2.05) is 13.8 Å². The van der Waals surface area contributed by atoms with Crippen LogP contribution in [-0.2, 0) is 11.3 Å². The molecule has 0 bridgehead atoms. The first kappa shape index (κ1) is 16.9. The highest BCUT2D eigenvalue weighted by Crippen LogP contribution is 2.39. The summed E-state index contributed by atoms with van der Waals surface area (Å²) < 4.78 is 19.8. The van der Waals surface area contributed by atoms with Crippen LogP contribution in [0.1, 0.15) is 19.4 Å². The summed E-state index contributed by atoms with van der Waals surface area (Å²) >= 11 is 0. The molecule has 2 aromatic carbocycles. The summed E-state index contributed by atoms with van der Waals surface area (Å²) in [5.41, 5.74) is 0.453. The lowest BCUT2D eigenvalue weighted by molar-refractivity contribution is -0.384. The number of carbonyl (C=O) groups is 1. The van der Waals surface area contributed by atoms with E-state index >= 15 is 0 Å². The number of hydrogen-bond donors (Lipinski definition) is 0. The van der Waals surface area contributed by atoms with Crippen molar-refractivity contribution in [1.29, 1.82) is 0 Å². The van der Waals surface area contributed by atoms with Gasteiger partial charge in [0.1, 0.15) is 11.6 Å². The molecule has 0 fully saturated rings. The van der Waals surface area contributed by atoms with E-state index in [2.05, 4.69) is 0 Å². The predicted octanol–water partition coefficient (Wildman–Crippen LogP) is 3.68. The van der Waals surface area contributed by atoms with Crippen molar-refractivity contribution in [2.24, 2.45) is 5.92 Å². The fourth-order valence-electron chi connectivity index (χ4n) is 2.77. The predicted molar refractivity (Wildman–Crippen MR) is 89.9 cm³/mol. The van der Waals surface area contributed by atoms with Crippen LogP contribution in [0, 0.1) is 21.8 Å². The highest BCUT2D eigenvalue weighted by atomic mass is 19.1. The molecular weight excluding hydrogens is 327 g/mol. The van der Waals surface area contributed by atoms with E-state index in [-0.39, 0.29) is 29.7 Å². The summed E-state index contributed by atoms with van der Waals surface area (Å²) in [6, 6.07) is 10.2. The van der Waals surface area contributed by atoms with Crippen molar-refractivity contribution in [2.45, 2.75) is 26.5 Å². The van der Waals surface area contributed by atoms with Crippen molar-refractivity contribution >= 4 is 17.3 Å². The molecule has 1 aliphatic heterocycles. The zero-order valence-electron chi connectivity index (χ0n) is 13.8. The second-order valence-corrected chi connectivity index (χ2v) is 6.21. The molecule has 0 saturated heterocycles. The maximum Gasteiger partial charge on any atom is 0.271 e. The maximum atomic E-state index is 14.0. The van der Waals surface area contributed by atoms with Crippen LogP contribution in [0.3, 0.4) is 0 Å². The number of amides is 1. The van der Waals surface area contributed by atoms with Gasteiger partial charge in [-0.25, -0.2) is 4.39 Å². The molecule has 0 saturated carbocycles. The fourth-order valence-corrected chi connectivity index (χ4v) is 2.77. The summed E-state index contributed by atoms with van der Waals surface area (Å²) in [7, 11) is 0. The minimum absolute atomic E-state index is 0.0216. The highest BCUT2D eigenvalue weighted by molar-refractivity contribution is 6.00. The first-order valence-corrected chi connectivity index (χ1v) is 7.88. The summed E-state index contributed by atoms with van der Waals surface area (Å²) in [4.78, 5) is 24.7. The van der Waals surface area contributed by atoms with Crippen molar-refractivity contribution in [3.05, 3.63) is 64.0 Å². The zero-order valence-corrected chi connectivity index (χ0v) is 13.8. The van der Waals surface area contributed by atoms with Crippen molar-refractivity contribution in [1.82, 2.24) is 0 Å². The highest BCUT2D eigenvalue weighted by Gasteiger charge is 2.37. The number of benzene rings is 2. The zero-order chi connectivity index (χ0) is 18.1. The molecule has 1 aliphatic rings. The van der Waals surface area contributed by atoms with Crippen LogP contribution in [0.15, 0.2) is 42.5 Å². The molecule has 25 heavy (non-hydrogen) atoms. The number of nitro groups is 1. The molecule has 2 aromatic rings. The van der Waals surface area contributed by atoms with Crippen LogP contribution < -0.4 is 9.64 Å². The Bertz CT molecular complexity index is 838. The molecule has 0 aliphatic carbocycles. The summed E-state index contributed by atoms with van der Waals surface area (Å²) in [5.74, 6) is -0.500. The van der Waals surface area contributed by atoms with Gasteiger partial charge in [-0.2, -0.15) is 0 Å². The Labute approximate surface area is 144 Å². The van der Waals surface area contributed by atoms with Crippen LogP contribution in [0.25, 0.3) is 0 Å².